The fraction of sp³-hybridized carbons (Fsp3) is 0.167. The van der Waals surface area contributed by atoms with Crippen LogP contribution in [0.25, 0.3) is 10.9 Å². The largest absolute Gasteiger partial charge is 0.350 e. The van der Waals surface area contributed by atoms with E-state index < -0.39 is 5.91 Å². The van der Waals surface area contributed by atoms with E-state index in [-0.39, 0.29) is 30.4 Å². The molecule has 0 bridgehead atoms. The third kappa shape index (κ3) is 3.92. The number of fused-ring (bicyclic) bond motifs is 1. The molecule has 8 nitrogen and oxygen atoms in total. The topological polar surface area (TPSA) is 117 Å². The Morgan fingerprint density at radius 3 is 2.50 bits per heavy atom. The van der Waals surface area contributed by atoms with Crippen LogP contribution in [0.4, 0.5) is 0 Å². The van der Waals surface area contributed by atoms with Crippen LogP contribution in [0.3, 0.4) is 0 Å². The minimum atomic E-state index is -0.515. The molecule has 132 valence electrons. The molecule has 0 radical (unpaired) electrons. The van der Waals surface area contributed by atoms with Crippen LogP contribution >= 0.6 is 0 Å². The number of hydrogen-bond donors (Lipinski definition) is 3. The number of rotatable bonds is 5. The highest BCUT2D eigenvalue weighted by Gasteiger charge is 2.11. The van der Waals surface area contributed by atoms with E-state index >= 15 is 0 Å². The molecule has 0 fully saturated rings. The van der Waals surface area contributed by atoms with Gasteiger partial charge in [-0.25, -0.2) is 4.98 Å². The van der Waals surface area contributed by atoms with E-state index in [0.717, 1.165) is 5.69 Å². The molecular formula is C18H17N5O3. The first-order valence-corrected chi connectivity index (χ1v) is 8.03. The summed E-state index contributed by atoms with van der Waals surface area (Å²) in [4.78, 5) is 46.7. The quantitative estimate of drug-likeness (QED) is 0.588. The van der Waals surface area contributed by atoms with Gasteiger partial charge in [-0.3, -0.25) is 19.4 Å². The third-order valence-electron chi connectivity index (χ3n) is 3.70. The number of carbonyl (C=O) groups excluding carboxylic acids is 2. The predicted octanol–water partition coefficient (Wildman–Crippen LogP) is 0.786. The monoisotopic (exact) mass is 351 g/mol. The van der Waals surface area contributed by atoms with E-state index in [0.29, 0.717) is 16.5 Å². The van der Waals surface area contributed by atoms with Crippen molar-refractivity contribution in [3.63, 3.8) is 0 Å². The van der Waals surface area contributed by atoms with Crippen molar-refractivity contribution < 1.29 is 9.59 Å². The van der Waals surface area contributed by atoms with Crippen LogP contribution in [0.15, 0.2) is 47.4 Å². The van der Waals surface area contributed by atoms with Crippen LogP contribution in [0.5, 0.6) is 0 Å². The zero-order valence-electron chi connectivity index (χ0n) is 14.1. The Morgan fingerprint density at radius 2 is 1.77 bits per heavy atom. The lowest BCUT2D eigenvalue weighted by Crippen LogP contribution is -2.36. The highest BCUT2D eigenvalue weighted by Crippen LogP contribution is 2.05. The lowest BCUT2D eigenvalue weighted by Gasteiger charge is -2.07. The Kier molecular flexibility index (Phi) is 5.02. The van der Waals surface area contributed by atoms with Gasteiger partial charge in [-0.05, 0) is 31.2 Å². The Labute approximate surface area is 148 Å². The summed E-state index contributed by atoms with van der Waals surface area (Å²) >= 11 is 0. The van der Waals surface area contributed by atoms with Crippen molar-refractivity contribution in [2.24, 2.45) is 0 Å². The second kappa shape index (κ2) is 7.56. The number of amides is 2. The van der Waals surface area contributed by atoms with Crippen LogP contribution < -0.4 is 16.2 Å². The van der Waals surface area contributed by atoms with Crippen molar-refractivity contribution in [3.05, 3.63) is 70.0 Å². The van der Waals surface area contributed by atoms with Gasteiger partial charge >= 0.3 is 0 Å². The van der Waals surface area contributed by atoms with E-state index in [1.807, 2.05) is 6.92 Å². The molecule has 26 heavy (non-hydrogen) atoms. The molecular weight excluding hydrogens is 334 g/mol. The molecule has 0 spiro atoms. The highest BCUT2D eigenvalue weighted by molar-refractivity contribution is 5.94. The van der Waals surface area contributed by atoms with Crippen molar-refractivity contribution in [2.75, 3.05) is 13.1 Å². The molecule has 0 aliphatic heterocycles. The molecule has 3 N–H and O–H groups in total. The summed E-state index contributed by atoms with van der Waals surface area (Å²) in [5, 5.41) is 5.70. The second-order valence-electron chi connectivity index (χ2n) is 5.63. The van der Waals surface area contributed by atoms with Gasteiger partial charge < -0.3 is 15.6 Å². The smallest absolute Gasteiger partial charge is 0.287 e. The molecule has 0 saturated carbocycles. The molecule has 2 aromatic heterocycles. The third-order valence-corrected chi connectivity index (χ3v) is 3.70. The van der Waals surface area contributed by atoms with Crippen LogP contribution in [0.1, 0.15) is 26.7 Å². The van der Waals surface area contributed by atoms with Gasteiger partial charge in [0.1, 0.15) is 0 Å². The van der Waals surface area contributed by atoms with Crippen molar-refractivity contribution in [3.8, 4) is 0 Å². The van der Waals surface area contributed by atoms with Crippen LogP contribution in [-0.2, 0) is 0 Å². The summed E-state index contributed by atoms with van der Waals surface area (Å²) in [7, 11) is 0. The number of aromatic nitrogens is 3. The van der Waals surface area contributed by atoms with E-state index in [1.165, 1.54) is 6.20 Å². The van der Waals surface area contributed by atoms with Crippen LogP contribution in [-0.4, -0.2) is 39.9 Å². The molecule has 3 aromatic rings. The van der Waals surface area contributed by atoms with Crippen molar-refractivity contribution in [2.45, 2.75) is 6.92 Å². The van der Waals surface area contributed by atoms with E-state index in [4.69, 9.17) is 0 Å². The number of nitrogens with one attached hydrogen (secondary N) is 3. The first-order chi connectivity index (χ1) is 12.5. The number of hydrogen-bond acceptors (Lipinski definition) is 5. The Morgan fingerprint density at radius 1 is 1.04 bits per heavy atom. The summed E-state index contributed by atoms with van der Waals surface area (Å²) in [6, 6.07) is 10.2. The molecule has 0 aliphatic rings. The molecule has 3 rings (SSSR count). The fourth-order valence-electron chi connectivity index (χ4n) is 2.33. The van der Waals surface area contributed by atoms with Gasteiger partial charge in [0.25, 0.3) is 17.4 Å². The lowest BCUT2D eigenvalue weighted by atomic mass is 10.2. The zero-order chi connectivity index (χ0) is 18.5. The number of carbonyl (C=O) groups is 2. The summed E-state index contributed by atoms with van der Waals surface area (Å²) in [6.07, 6.45) is 1.49. The molecule has 1 aromatic carbocycles. The molecule has 0 saturated heterocycles. The van der Waals surface area contributed by atoms with E-state index in [1.54, 1.807) is 36.4 Å². The van der Waals surface area contributed by atoms with Crippen LogP contribution in [0.2, 0.25) is 0 Å². The number of aromatic amines is 1. The average molecular weight is 351 g/mol. The maximum Gasteiger partial charge on any atom is 0.287 e. The molecule has 2 heterocycles. The summed E-state index contributed by atoms with van der Waals surface area (Å²) in [5.41, 5.74) is 1.34. The van der Waals surface area contributed by atoms with Gasteiger partial charge in [-0.15, -0.1) is 0 Å². The van der Waals surface area contributed by atoms with Gasteiger partial charge in [0, 0.05) is 25.0 Å². The molecule has 0 atom stereocenters. The number of nitrogens with zero attached hydrogens (tertiary/aromatic N) is 2. The SMILES string of the molecule is Cc1ccc(C(=O)NCCNC(=O)c2nc3ccccc3c(=O)[nH]2)cn1. The molecule has 2 amide bonds. The van der Waals surface area contributed by atoms with E-state index in [9.17, 15) is 14.4 Å². The van der Waals surface area contributed by atoms with E-state index in [2.05, 4.69) is 25.6 Å². The first kappa shape index (κ1) is 17.3. The molecule has 8 heteroatoms. The standard InChI is InChI=1S/C18H17N5O3/c1-11-6-7-12(10-21-11)16(24)19-8-9-20-18(26)15-22-14-5-3-2-4-13(14)17(25)23-15/h2-7,10H,8-9H2,1H3,(H,19,24)(H,20,26)(H,22,23,25). The van der Waals surface area contributed by atoms with Crippen molar-refractivity contribution in [1.82, 2.24) is 25.6 Å². The average Bonchev–Trinajstić information content (AvgIpc) is 2.65. The summed E-state index contributed by atoms with van der Waals surface area (Å²) < 4.78 is 0. The number of benzene rings is 1. The first-order valence-electron chi connectivity index (χ1n) is 8.03. The van der Waals surface area contributed by atoms with Gasteiger partial charge in [0.2, 0.25) is 0 Å². The molecule has 0 aliphatic carbocycles. The zero-order valence-corrected chi connectivity index (χ0v) is 14.1. The van der Waals surface area contributed by atoms with Gasteiger partial charge in [-0.2, -0.15) is 0 Å². The van der Waals surface area contributed by atoms with Gasteiger partial charge in [0.05, 0.1) is 16.5 Å². The maximum absolute atomic E-state index is 12.1. The predicted molar refractivity (Wildman–Crippen MR) is 96.0 cm³/mol. The van der Waals surface area contributed by atoms with Gasteiger partial charge in [0.15, 0.2) is 5.82 Å². The minimum absolute atomic E-state index is 0.0669. The maximum atomic E-state index is 12.1. The minimum Gasteiger partial charge on any atom is -0.350 e. The number of para-hydroxylation sites is 1. The normalized spacial score (nSPS) is 10.5. The Bertz CT molecular complexity index is 1010. The second-order valence-corrected chi connectivity index (χ2v) is 5.63. The Balaban J connectivity index is 1.55. The van der Waals surface area contributed by atoms with Crippen LogP contribution in [0, 0.1) is 6.92 Å². The fourth-order valence-corrected chi connectivity index (χ4v) is 2.33. The van der Waals surface area contributed by atoms with Gasteiger partial charge in [-0.1, -0.05) is 12.1 Å². The van der Waals surface area contributed by atoms with Crippen molar-refractivity contribution >= 4 is 22.7 Å². The number of H-pyrrole nitrogens is 1. The summed E-state index contributed by atoms with van der Waals surface area (Å²) in [5.74, 6) is -0.856. The summed E-state index contributed by atoms with van der Waals surface area (Å²) in [6.45, 7) is 2.26. The molecule has 0 unspecified atom stereocenters. The highest BCUT2D eigenvalue weighted by atomic mass is 16.2. The number of pyridine rings is 1. The Hall–Kier alpha value is -3.55. The lowest BCUT2D eigenvalue weighted by molar-refractivity contribution is 0.0922. The van der Waals surface area contributed by atoms with Crippen molar-refractivity contribution in [1.29, 1.82) is 0 Å². The number of aryl methyl sites for hydroxylation is 1.